The second-order valence-corrected chi connectivity index (χ2v) is 7.81. The average Bonchev–Trinajstić information content (AvgIpc) is 2.62. The number of rotatable bonds is 3. The number of carbonyl (C=O) groups is 1. The highest BCUT2D eigenvalue weighted by Gasteiger charge is 2.23. The molecule has 0 unspecified atom stereocenters. The second kappa shape index (κ2) is 6.60. The van der Waals surface area contributed by atoms with Gasteiger partial charge in [-0.1, -0.05) is 39.9 Å². The minimum Gasteiger partial charge on any atom is -0.489 e. The maximum absolute atomic E-state index is 11.7. The summed E-state index contributed by atoms with van der Waals surface area (Å²) in [5, 5.41) is 2.60. The number of hydrogen-bond donors (Lipinski definition) is 1. The lowest BCUT2D eigenvalue weighted by atomic mass is 10.2. The summed E-state index contributed by atoms with van der Waals surface area (Å²) in [6.07, 6.45) is 1.82. The first-order valence-electron chi connectivity index (χ1n) is 5.77. The van der Waals surface area contributed by atoms with Crippen molar-refractivity contribution in [1.29, 1.82) is 0 Å². The van der Waals surface area contributed by atoms with E-state index in [4.69, 9.17) is 17.0 Å². The van der Waals surface area contributed by atoms with E-state index in [2.05, 4.69) is 37.2 Å². The molecule has 106 valence electrons. The van der Waals surface area contributed by atoms with Gasteiger partial charge in [-0.25, -0.2) is 0 Å². The predicted octanol–water partition coefficient (Wildman–Crippen LogP) is 4.49. The fraction of sp³-hybridized carbons (Fsp3) is 0.231. The molecule has 1 saturated heterocycles. The first-order valence-corrected chi connectivity index (χ1v) is 8.58. The van der Waals surface area contributed by atoms with Crippen molar-refractivity contribution in [1.82, 2.24) is 5.32 Å². The molecule has 1 amide bonds. The third-order valence-corrected chi connectivity index (χ3v) is 4.53. The largest absolute Gasteiger partial charge is 0.489 e. The minimum absolute atomic E-state index is 0.0377. The molecule has 0 saturated carbocycles. The Kier molecular flexibility index (Phi) is 5.28. The fourth-order valence-corrected chi connectivity index (χ4v) is 4.00. The molecule has 1 N–H and O–H groups in total. The van der Waals surface area contributed by atoms with Crippen LogP contribution in [0.25, 0.3) is 6.08 Å². The van der Waals surface area contributed by atoms with E-state index in [9.17, 15) is 4.79 Å². The van der Waals surface area contributed by atoms with E-state index in [0.29, 0.717) is 15.0 Å². The molecule has 1 aliphatic heterocycles. The van der Waals surface area contributed by atoms with E-state index >= 15 is 0 Å². The highest BCUT2D eigenvalue weighted by Crippen LogP contribution is 2.37. The summed E-state index contributed by atoms with van der Waals surface area (Å²) < 4.78 is 8.02. The third kappa shape index (κ3) is 3.84. The van der Waals surface area contributed by atoms with Gasteiger partial charge in [-0.2, -0.15) is 0 Å². The van der Waals surface area contributed by atoms with Crippen LogP contribution in [-0.2, 0) is 4.79 Å². The summed E-state index contributed by atoms with van der Waals surface area (Å²) in [5.74, 6) is 0.536. The molecule has 0 atom stereocenters. The minimum atomic E-state index is -0.174. The van der Waals surface area contributed by atoms with Gasteiger partial charge in [0.2, 0.25) is 0 Å². The number of hydrogen-bond acceptors (Lipinski definition) is 4. The van der Waals surface area contributed by atoms with E-state index < -0.39 is 0 Å². The van der Waals surface area contributed by atoms with Gasteiger partial charge in [0, 0.05) is 10.0 Å². The highest BCUT2D eigenvalue weighted by atomic mass is 79.9. The first kappa shape index (κ1) is 16.0. The summed E-state index contributed by atoms with van der Waals surface area (Å²) in [4.78, 5) is 12.3. The fourth-order valence-electron chi connectivity index (χ4n) is 1.61. The van der Waals surface area contributed by atoms with Crippen LogP contribution in [0.2, 0.25) is 0 Å². The molecule has 1 fully saturated rings. The van der Waals surface area contributed by atoms with Crippen LogP contribution in [0.4, 0.5) is 0 Å². The molecular formula is C13H11Br2NO2S2. The molecule has 0 radical (unpaired) electrons. The number of thioether (sulfide) groups is 1. The standard InChI is InChI=1S/C13H11Br2NO2S2/c1-6(2)18-11-7(3-8(14)5-9(11)15)4-10-12(17)16-13(19)20-10/h3-6H,1-2H3,(H,16,17,19). The van der Waals surface area contributed by atoms with Crippen LogP contribution in [-0.4, -0.2) is 16.3 Å². The topological polar surface area (TPSA) is 38.3 Å². The Morgan fingerprint density at radius 2 is 2.10 bits per heavy atom. The summed E-state index contributed by atoms with van der Waals surface area (Å²) in [6, 6.07) is 3.82. The number of thiocarbonyl (C=S) groups is 1. The van der Waals surface area contributed by atoms with Crippen molar-refractivity contribution in [3.63, 3.8) is 0 Å². The summed E-state index contributed by atoms with van der Waals surface area (Å²) in [6.45, 7) is 3.91. The molecular weight excluding hydrogens is 426 g/mol. The van der Waals surface area contributed by atoms with Gasteiger partial charge in [0.15, 0.2) is 0 Å². The molecule has 1 aromatic rings. The monoisotopic (exact) mass is 435 g/mol. The molecule has 0 aliphatic carbocycles. The van der Waals surface area contributed by atoms with Crippen molar-refractivity contribution < 1.29 is 9.53 Å². The van der Waals surface area contributed by atoms with E-state index in [0.717, 1.165) is 14.5 Å². The van der Waals surface area contributed by atoms with E-state index in [1.54, 1.807) is 6.08 Å². The van der Waals surface area contributed by atoms with Gasteiger partial charge in [-0.15, -0.1) is 0 Å². The highest BCUT2D eigenvalue weighted by molar-refractivity contribution is 9.11. The number of ether oxygens (including phenoxy) is 1. The molecule has 1 aliphatic rings. The Labute approximate surface area is 143 Å². The zero-order valence-electron chi connectivity index (χ0n) is 10.7. The molecule has 2 rings (SSSR count). The Bertz CT molecular complexity index is 615. The first-order chi connectivity index (χ1) is 9.36. The van der Waals surface area contributed by atoms with E-state index in [1.165, 1.54) is 11.8 Å². The molecule has 0 spiro atoms. The summed E-state index contributed by atoms with van der Waals surface area (Å²) in [5.41, 5.74) is 0.822. The molecule has 20 heavy (non-hydrogen) atoms. The van der Waals surface area contributed by atoms with Gasteiger partial charge in [-0.05, 0) is 48.0 Å². The SMILES string of the molecule is CC(C)Oc1c(Br)cc(Br)cc1C=C1SC(=S)NC1=O. The Hall–Kier alpha value is -0.370. The van der Waals surface area contributed by atoms with E-state index in [-0.39, 0.29) is 12.0 Å². The van der Waals surface area contributed by atoms with Gasteiger partial charge < -0.3 is 10.1 Å². The van der Waals surface area contributed by atoms with Crippen molar-refractivity contribution in [2.24, 2.45) is 0 Å². The van der Waals surface area contributed by atoms with Crippen molar-refractivity contribution in [3.8, 4) is 5.75 Å². The zero-order chi connectivity index (χ0) is 14.9. The van der Waals surface area contributed by atoms with Gasteiger partial charge in [-0.3, -0.25) is 4.79 Å². The summed E-state index contributed by atoms with van der Waals surface area (Å²) in [7, 11) is 0. The smallest absolute Gasteiger partial charge is 0.263 e. The lowest BCUT2D eigenvalue weighted by Crippen LogP contribution is -2.17. The van der Waals surface area contributed by atoms with Crippen molar-refractivity contribution in [2.45, 2.75) is 20.0 Å². The maximum Gasteiger partial charge on any atom is 0.263 e. The van der Waals surface area contributed by atoms with Crippen LogP contribution in [0, 0.1) is 0 Å². The molecule has 1 aromatic carbocycles. The second-order valence-electron chi connectivity index (χ2n) is 4.32. The third-order valence-electron chi connectivity index (χ3n) is 2.32. The van der Waals surface area contributed by atoms with Crippen LogP contribution in [0.1, 0.15) is 19.4 Å². The Morgan fingerprint density at radius 1 is 1.40 bits per heavy atom. The lowest BCUT2D eigenvalue weighted by molar-refractivity contribution is -0.115. The van der Waals surface area contributed by atoms with Gasteiger partial charge in [0.1, 0.15) is 10.1 Å². The van der Waals surface area contributed by atoms with Crippen LogP contribution in [0.3, 0.4) is 0 Å². The molecule has 0 aromatic heterocycles. The Morgan fingerprint density at radius 3 is 2.65 bits per heavy atom. The number of carbonyl (C=O) groups excluding carboxylic acids is 1. The maximum atomic E-state index is 11.7. The molecule has 3 nitrogen and oxygen atoms in total. The number of amides is 1. The van der Waals surface area contributed by atoms with Crippen LogP contribution in [0.5, 0.6) is 5.75 Å². The van der Waals surface area contributed by atoms with Gasteiger partial charge >= 0.3 is 0 Å². The number of benzene rings is 1. The van der Waals surface area contributed by atoms with Crippen molar-refractivity contribution in [3.05, 3.63) is 31.5 Å². The number of nitrogens with one attached hydrogen (secondary N) is 1. The molecule has 0 bridgehead atoms. The van der Waals surface area contributed by atoms with Gasteiger partial charge in [0.05, 0.1) is 15.5 Å². The quantitative estimate of drug-likeness (QED) is 0.559. The summed E-state index contributed by atoms with van der Waals surface area (Å²) >= 11 is 13.2. The zero-order valence-corrected chi connectivity index (χ0v) is 15.5. The van der Waals surface area contributed by atoms with Crippen molar-refractivity contribution >= 4 is 72.1 Å². The van der Waals surface area contributed by atoms with Crippen LogP contribution >= 0.6 is 55.8 Å². The normalized spacial score (nSPS) is 16.9. The number of halogens is 2. The molecule has 7 heteroatoms. The van der Waals surface area contributed by atoms with Crippen molar-refractivity contribution in [2.75, 3.05) is 0 Å². The lowest BCUT2D eigenvalue weighted by Gasteiger charge is -2.15. The van der Waals surface area contributed by atoms with Crippen LogP contribution in [0.15, 0.2) is 26.0 Å². The molecule has 1 heterocycles. The van der Waals surface area contributed by atoms with E-state index in [1.807, 2.05) is 26.0 Å². The average molecular weight is 437 g/mol. The van der Waals surface area contributed by atoms with Crippen LogP contribution < -0.4 is 10.1 Å². The van der Waals surface area contributed by atoms with Gasteiger partial charge in [0.25, 0.3) is 5.91 Å². The Balaban J connectivity index is 2.47. The predicted molar refractivity (Wildman–Crippen MR) is 93.9 cm³/mol.